The number of ether oxygens (including phenoxy) is 1. The zero-order chi connectivity index (χ0) is 24.0. The number of amides is 2. The molecule has 3 rings (SSSR count). The fourth-order valence-electron chi connectivity index (χ4n) is 4.32. The molecular weight excluding hydrogens is 459 g/mol. The molecule has 0 spiro atoms. The second kappa shape index (κ2) is 11.8. The topological polar surface area (TPSA) is 58.6 Å². The first-order valence-corrected chi connectivity index (χ1v) is 12.3. The number of carbonyl (C=O) groups is 2. The minimum atomic E-state index is -0.645. The lowest BCUT2D eigenvalue weighted by atomic mass is 10.1. The van der Waals surface area contributed by atoms with E-state index >= 15 is 0 Å². The fraction of sp³-hybridized carbons (Fsp3) is 0.462. The number of hydrogen-bond acceptors (Lipinski definition) is 3. The molecule has 0 saturated heterocycles. The minimum Gasteiger partial charge on any atom is -0.483 e. The Bertz CT molecular complexity index is 969. The molecule has 1 saturated carbocycles. The van der Waals surface area contributed by atoms with Gasteiger partial charge in [-0.25, -0.2) is 0 Å². The number of carbonyl (C=O) groups excluding carboxylic acids is 2. The van der Waals surface area contributed by atoms with Gasteiger partial charge in [0.2, 0.25) is 5.91 Å². The summed E-state index contributed by atoms with van der Waals surface area (Å²) in [6.07, 6.45) is 4.65. The maximum absolute atomic E-state index is 13.4. The summed E-state index contributed by atoms with van der Waals surface area (Å²) in [5, 5.41) is 4.05. The quantitative estimate of drug-likeness (QED) is 0.479. The molecule has 1 aliphatic rings. The molecule has 1 fully saturated rings. The molecule has 1 aliphatic carbocycles. The Labute approximate surface area is 206 Å². The van der Waals surface area contributed by atoms with E-state index in [0.29, 0.717) is 27.8 Å². The maximum Gasteiger partial charge on any atom is 0.261 e. The molecule has 2 aromatic carbocycles. The van der Waals surface area contributed by atoms with Gasteiger partial charge in [-0.2, -0.15) is 0 Å². The van der Waals surface area contributed by atoms with Gasteiger partial charge in [0.05, 0.1) is 0 Å². The molecule has 2 aromatic rings. The largest absolute Gasteiger partial charge is 0.483 e. The van der Waals surface area contributed by atoms with E-state index in [1.54, 1.807) is 23.1 Å². The van der Waals surface area contributed by atoms with Crippen LogP contribution in [0, 0.1) is 13.8 Å². The summed E-state index contributed by atoms with van der Waals surface area (Å²) in [5.41, 5.74) is 2.69. The van der Waals surface area contributed by atoms with Crippen LogP contribution in [0.25, 0.3) is 0 Å². The third-order valence-electron chi connectivity index (χ3n) is 6.16. The van der Waals surface area contributed by atoms with Gasteiger partial charge in [0.25, 0.3) is 5.91 Å². The standard InChI is InChI=1S/C26H32Cl2N2O3/c1-4-23(26(32)29-19-8-5-6-9-19)30(15-20-21(27)10-7-11-22(20)28)25(31)16-33-24-13-12-17(2)14-18(24)3/h7,10-14,19,23H,4-6,8-9,15-16H2,1-3H3,(H,29,32)/t23-/m1/s1. The highest BCUT2D eigenvalue weighted by molar-refractivity contribution is 6.36. The van der Waals surface area contributed by atoms with Crippen molar-refractivity contribution in [1.82, 2.24) is 10.2 Å². The van der Waals surface area contributed by atoms with Gasteiger partial charge in [-0.3, -0.25) is 9.59 Å². The first kappa shape index (κ1) is 25.4. The lowest BCUT2D eigenvalue weighted by Crippen LogP contribution is -2.52. The van der Waals surface area contributed by atoms with Crippen LogP contribution in [-0.4, -0.2) is 35.4 Å². The van der Waals surface area contributed by atoms with Crippen LogP contribution in [0.15, 0.2) is 36.4 Å². The number of rotatable bonds is 9. The number of benzene rings is 2. The fourth-order valence-corrected chi connectivity index (χ4v) is 4.84. The molecule has 178 valence electrons. The maximum atomic E-state index is 13.4. The van der Waals surface area contributed by atoms with Crippen molar-refractivity contribution in [3.63, 3.8) is 0 Å². The second-order valence-corrected chi connectivity index (χ2v) is 9.51. The molecule has 0 bridgehead atoms. The number of nitrogens with zero attached hydrogens (tertiary/aromatic N) is 1. The van der Waals surface area contributed by atoms with Gasteiger partial charge in [0.1, 0.15) is 11.8 Å². The summed E-state index contributed by atoms with van der Waals surface area (Å²) in [5.74, 6) is 0.208. The van der Waals surface area contributed by atoms with Gasteiger partial charge in [-0.05, 0) is 56.9 Å². The molecule has 5 nitrogen and oxygen atoms in total. The van der Waals surface area contributed by atoms with Crippen molar-refractivity contribution in [3.8, 4) is 5.75 Å². The third kappa shape index (κ3) is 6.64. The third-order valence-corrected chi connectivity index (χ3v) is 6.87. The smallest absolute Gasteiger partial charge is 0.261 e. The highest BCUT2D eigenvalue weighted by Crippen LogP contribution is 2.28. The molecule has 0 aromatic heterocycles. The van der Waals surface area contributed by atoms with Crippen molar-refractivity contribution in [2.75, 3.05) is 6.61 Å². The van der Waals surface area contributed by atoms with E-state index in [-0.39, 0.29) is 31.0 Å². The summed E-state index contributed by atoms with van der Waals surface area (Å²) < 4.78 is 5.85. The average Bonchev–Trinajstić information content (AvgIpc) is 3.27. The zero-order valence-corrected chi connectivity index (χ0v) is 21.0. The van der Waals surface area contributed by atoms with Crippen LogP contribution < -0.4 is 10.1 Å². The highest BCUT2D eigenvalue weighted by atomic mass is 35.5. The van der Waals surface area contributed by atoms with Gasteiger partial charge >= 0.3 is 0 Å². The lowest BCUT2D eigenvalue weighted by molar-refractivity contribution is -0.143. The molecule has 33 heavy (non-hydrogen) atoms. The summed E-state index contributed by atoms with van der Waals surface area (Å²) >= 11 is 12.8. The summed E-state index contributed by atoms with van der Waals surface area (Å²) in [6.45, 7) is 5.80. The molecule has 0 unspecified atom stereocenters. The van der Waals surface area contributed by atoms with Crippen LogP contribution in [0.5, 0.6) is 5.75 Å². The molecule has 0 radical (unpaired) electrons. The van der Waals surface area contributed by atoms with Gasteiger partial charge in [0, 0.05) is 28.2 Å². The Kier molecular flexibility index (Phi) is 9.04. The van der Waals surface area contributed by atoms with Crippen LogP contribution in [0.2, 0.25) is 10.0 Å². The Balaban J connectivity index is 1.82. The van der Waals surface area contributed by atoms with Gasteiger partial charge < -0.3 is 15.0 Å². The first-order chi connectivity index (χ1) is 15.8. The van der Waals surface area contributed by atoms with E-state index in [1.807, 2.05) is 39.0 Å². The molecule has 0 heterocycles. The van der Waals surface area contributed by atoms with E-state index in [1.165, 1.54) is 0 Å². The average molecular weight is 491 g/mol. The van der Waals surface area contributed by atoms with E-state index in [2.05, 4.69) is 5.32 Å². The van der Waals surface area contributed by atoms with E-state index in [0.717, 1.165) is 36.8 Å². The minimum absolute atomic E-state index is 0.129. The Hall–Kier alpha value is -2.24. The number of halogens is 2. The first-order valence-electron chi connectivity index (χ1n) is 11.5. The molecule has 1 N–H and O–H groups in total. The second-order valence-electron chi connectivity index (χ2n) is 8.69. The highest BCUT2D eigenvalue weighted by Gasteiger charge is 2.31. The number of nitrogens with one attached hydrogen (secondary N) is 1. The van der Waals surface area contributed by atoms with Crippen LogP contribution in [-0.2, 0) is 16.1 Å². The number of hydrogen-bond donors (Lipinski definition) is 1. The molecular formula is C26H32Cl2N2O3. The summed E-state index contributed by atoms with van der Waals surface area (Å²) in [7, 11) is 0. The van der Waals surface area contributed by atoms with Gasteiger partial charge in [-0.1, -0.05) is 66.7 Å². The molecule has 0 aliphatic heterocycles. The zero-order valence-electron chi connectivity index (χ0n) is 19.5. The molecule has 7 heteroatoms. The Morgan fingerprint density at radius 1 is 1.12 bits per heavy atom. The monoisotopic (exact) mass is 490 g/mol. The van der Waals surface area contributed by atoms with Crippen molar-refractivity contribution in [3.05, 3.63) is 63.1 Å². The Morgan fingerprint density at radius 3 is 2.39 bits per heavy atom. The van der Waals surface area contributed by atoms with Gasteiger partial charge in [0.15, 0.2) is 6.61 Å². The normalized spacial score (nSPS) is 14.7. The van der Waals surface area contributed by atoms with Crippen LogP contribution in [0.3, 0.4) is 0 Å². The van der Waals surface area contributed by atoms with E-state index in [4.69, 9.17) is 27.9 Å². The van der Waals surface area contributed by atoms with Crippen LogP contribution in [0.4, 0.5) is 0 Å². The summed E-state index contributed by atoms with van der Waals surface area (Å²) in [6, 6.07) is 10.6. The van der Waals surface area contributed by atoms with Crippen LogP contribution in [0.1, 0.15) is 55.7 Å². The van der Waals surface area contributed by atoms with E-state index < -0.39 is 6.04 Å². The summed E-state index contributed by atoms with van der Waals surface area (Å²) in [4.78, 5) is 28.1. The van der Waals surface area contributed by atoms with Crippen molar-refractivity contribution in [1.29, 1.82) is 0 Å². The van der Waals surface area contributed by atoms with Crippen LogP contribution >= 0.6 is 23.2 Å². The molecule has 1 atom stereocenters. The van der Waals surface area contributed by atoms with Crippen molar-refractivity contribution in [2.45, 2.75) is 71.5 Å². The molecule has 2 amide bonds. The SMILES string of the molecule is CC[C@H](C(=O)NC1CCCC1)N(Cc1c(Cl)cccc1Cl)C(=O)COc1ccc(C)cc1C. The van der Waals surface area contributed by atoms with Crippen molar-refractivity contribution >= 4 is 35.0 Å². The lowest BCUT2D eigenvalue weighted by Gasteiger charge is -2.32. The number of aryl methyl sites for hydroxylation is 2. The predicted octanol–water partition coefficient (Wildman–Crippen LogP) is 5.86. The van der Waals surface area contributed by atoms with Crippen molar-refractivity contribution in [2.24, 2.45) is 0 Å². The van der Waals surface area contributed by atoms with Gasteiger partial charge in [-0.15, -0.1) is 0 Å². The van der Waals surface area contributed by atoms with E-state index in [9.17, 15) is 9.59 Å². The Morgan fingerprint density at radius 2 is 1.79 bits per heavy atom. The predicted molar refractivity (Wildman–Crippen MR) is 133 cm³/mol. The van der Waals surface area contributed by atoms with Crippen molar-refractivity contribution < 1.29 is 14.3 Å².